The fourth-order valence-corrected chi connectivity index (χ4v) is 4.59. The summed E-state index contributed by atoms with van der Waals surface area (Å²) in [5.74, 6) is 0.674. The molecule has 0 bridgehead atoms. The number of likely N-dealkylation sites (tertiary alicyclic amines) is 1. The lowest BCUT2D eigenvalue weighted by molar-refractivity contribution is -0.123. The lowest BCUT2D eigenvalue weighted by Gasteiger charge is -2.31. The number of piperidine rings is 1. The van der Waals surface area contributed by atoms with Crippen LogP contribution in [-0.4, -0.2) is 56.6 Å². The number of benzene rings is 1. The summed E-state index contributed by atoms with van der Waals surface area (Å²) in [4.78, 5) is 27.9. The van der Waals surface area contributed by atoms with Gasteiger partial charge in [-0.15, -0.1) is 0 Å². The average Bonchev–Trinajstić information content (AvgIpc) is 3.36. The minimum atomic E-state index is -0.250. The first kappa shape index (κ1) is 22.7. The van der Waals surface area contributed by atoms with Crippen molar-refractivity contribution in [2.24, 2.45) is 11.8 Å². The molecule has 0 spiro atoms. The highest BCUT2D eigenvalue weighted by atomic mass is 16.3. The molecule has 0 saturated carbocycles. The number of hydrogen-bond acceptors (Lipinski definition) is 5. The van der Waals surface area contributed by atoms with Gasteiger partial charge in [0.25, 0.3) is 6.47 Å². The quantitative estimate of drug-likeness (QED) is 0.564. The highest BCUT2D eigenvalue weighted by Gasteiger charge is 2.39. The first-order valence-corrected chi connectivity index (χ1v) is 11.2. The van der Waals surface area contributed by atoms with Gasteiger partial charge in [-0.25, -0.2) is 9.50 Å². The van der Waals surface area contributed by atoms with Crippen LogP contribution in [-0.2, 0) is 16.1 Å². The van der Waals surface area contributed by atoms with Gasteiger partial charge in [0.2, 0.25) is 5.91 Å². The molecule has 2 N–H and O–H groups in total. The molecular formula is C25H29N5O3. The van der Waals surface area contributed by atoms with Crippen LogP contribution in [0.4, 0.5) is 0 Å². The van der Waals surface area contributed by atoms with E-state index in [1.54, 1.807) is 0 Å². The van der Waals surface area contributed by atoms with E-state index in [0.717, 1.165) is 44.7 Å². The molecule has 1 aliphatic heterocycles. The molecule has 3 aromatic rings. The number of fused-ring (bicyclic) bond motifs is 1. The van der Waals surface area contributed by atoms with Crippen molar-refractivity contribution < 1.29 is 14.7 Å². The van der Waals surface area contributed by atoms with Gasteiger partial charge >= 0.3 is 0 Å². The van der Waals surface area contributed by atoms with Crippen molar-refractivity contribution in [2.75, 3.05) is 19.6 Å². The summed E-state index contributed by atoms with van der Waals surface area (Å²) in [5, 5.41) is 14.5. The number of carboxylic acid groups (broad SMARTS) is 1. The Kier molecular flexibility index (Phi) is 7.14. The monoisotopic (exact) mass is 447 g/mol. The van der Waals surface area contributed by atoms with Gasteiger partial charge in [-0.2, -0.15) is 5.10 Å². The summed E-state index contributed by atoms with van der Waals surface area (Å²) < 4.78 is 1.83. The van der Waals surface area contributed by atoms with Crippen LogP contribution in [0.3, 0.4) is 0 Å². The molecule has 2 aromatic heterocycles. The molecule has 1 amide bonds. The molecule has 8 heteroatoms. The number of nitrogens with zero attached hydrogens (tertiary/aromatic N) is 4. The van der Waals surface area contributed by atoms with Crippen LogP contribution in [0, 0.1) is 11.8 Å². The van der Waals surface area contributed by atoms with Gasteiger partial charge in [0.1, 0.15) is 0 Å². The number of carbonyl (C=O) groups excluding carboxylic acids is 1. The molecule has 1 saturated heterocycles. The van der Waals surface area contributed by atoms with Crippen LogP contribution < -0.4 is 5.32 Å². The number of aromatic nitrogens is 3. The second kappa shape index (κ2) is 10.4. The van der Waals surface area contributed by atoms with Crippen LogP contribution in [0.2, 0.25) is 0 Å². The van der Waals surface area contributed by atoms with Crippen molar-refractivity contribution in [3.05, 3.63) is 71.7 Å². The first-order chi connectivity index (χ1) is 16.1. The zero-order valence-corrected chi connectivity index (χ0v) is 18.7. The summed E-state index contributed by atoms with van der Waals surface area (Å²) >= 11 is 0. The Morgan fingerprint density at radius 1 is 1.21 bits per heavy atom. The van der Waals surface area contributed by atoms with Gasteiger partial charge in [0, 0.05) is 31.0 Å². The maximum absolute atomic E-state index is 12.7. The number of nitrogens with one attached hydrogen (secondary N) is 1. The Balaban J connectivity index is 0.000000821. The van der Waals surface area contributed by atoms with E-state index in [1.165, 1.54) is 22.3 Å². The number of hydrogen-bond donors (Lipinski definition) is 2. The summed E-state index contributed by atoms with van der Waals surface area (Å²) in [5.41, 5.74) is 5.69. The molecule has 1 aromatic carbocycles. The highest BCUT2D eigenvalue weighted by Crippen LogP contribution is 2.46. The SMILES string of the molecule is CC1=C(c2ccccc2)C1C(=O)NCC1CCN(Cc2cnn3cccnc23)CC1.O=CO. The van der Waals surface area contributed by atoms with Crippen molar-refractivity contribution >= 4 is 23.6 Å². The largest absolute Gasteiger partial charge is 0.483 e. The van der Waals surface area contributed by atoms with Gasteiger partial charge in [-0.3, -0.25) is 14.5 Å². The van der Waals surface area contributed by atoms with Crippen molar-refractivity contribution in [1.82, 2.24) is 24.8 Å². The van der Waals surface area contributed by atoms with Crippen molar-refractivity contribution in [2.45, 2.75) is 26.3 Å². The average molecular weight is 448 g/mol. The van der Waals surface area contributed by atoms with Crippen LogP contribution in [0.15, 0.2) is 60.6 Å². The summed E-state index contributed by atoms with van der Waals surface area (Å²) in [6.07, 6.45) is 7.88. The molecule has 1 aliphatic carbocycles. The smallest absolute Gasteiger partial charge is 0.290 e. The predicted molar refractivity (Wildman–Crippen MR) is 125 cm³/mol. The third-order valence-electron chi connectivity index (χ3n) is 6.43. The third-order valence-corrected chi connectivity index (χ3v) is 6.43. The molecule has 2 aliphatic rings. The van der Waals surface area contributed by atoms with Crippen molar-refractivity contribution in [3.8, 4) is 0 Å². The lowest BCUT2D eigenvalue weighted by Crippen LogP contribution is -2.39. The van der Waals surface area contributed by atoms with E-state index in [9.17, 15) is 4.79 Å². The molecule has 1 atom stereocenters. The fourth-order valence-electron chi connectivity index (χ4n) is 4.59. The van der Waals surface area contributed by atoms with Gasteiger partial charge < -0.3 is 10.4 Å². The standard InChI is InChI=1S/C24H27N5O.CH2O2/c1-17-21(19-6-3-2-4-7-19)22(17)24(30)26-14-18-8-12-28(13-9-18)16-20-15-27-29-11-5-10-25-23(20)29;2-1-3/h2-7,10-11,15,18,22H,8-9,12-14,16H2,1H3,(H,26,30);1H,(H,2,3). The van der Waals surface area contributed by atoms with Crippen LogP contribution >= 0.6 is 0 Å². The van der Waals surface area contributed by atoms with E-state index < -0.39 is 0 Å². The Morgan fingerprint density at radius 3 is 2.67 bits per heavy atom. The van der Waals surface area contributed by atoms with Crippen molar-refractivity contribution in [3.63, 3.8) is 0 Å². The molecule has 1 unspecified atom stereocenters. The van der Waals surface area contributed by atoms with Crippen LogP contribution in [0.25, 0.3) is 11.2 Å². The van der Waals surface area contributed by atoms with E-state index >= 15 is 0 Å². The molecule has 33 heavy (non-hydrogen) atoms. The van der Waals surface area contributed by atoms with E-state index in [-0.39, 0.29) is 18.3 Å². The van der Waals surface area contributed by atoms with Gasteiger partial charge in [-0.1, -0.05) is 35.9 Å². The van der Waals surface area contributed by atoms with Gasteiger partial charge in [0.05, 0.1) is 12.1 Å². The maximum Gasteiger partial charge on any atom is 0.290 e. The summed E-state index contributed by atoms with van der Waals surface area (Å²) in [6, 6.07) is 12.1. The maximum atomic E-state index is 12.7. The lowest BCUT2D eigenvalue weighted by atomic mass is 9.96. The third kappa shape index (κ3) is 5.28. The molecule has 1 fully saturated rings. The topological polar surface area (TPSA) is 99.8 Å². The molecular weight excluding hydrogens is 418 g/mol. The normalized spacial score (nSPS) is 18.5. The Bertz CT molecular complexity index is 1130. The highest BCUT2D eigenvalue weighted by molar-refractivity contribution is 6.05. The van der Waals surface area contributed by atoms with E-state index in [1.807, 2.05) is 47.4 Å². The Morgan fingerprint density at radius 2 is 1.94 bits per heavy atom. The van der Waals surface area contributed by atoms with Crippen LogP contribution in [0.5, 0.6) is 0 Å². The molecule has 3 heterocycles. The molecule has 5 rings (SSSR count). The Labute approximate surface area is 192 Å². The number of carbonyl (C=O) groups is 2. The zero-order chi connectivity index (χ0) is 23.2. The summed E-state index contributed by atoms with van der Waals surface area (Å²) in [6.45, 7) is 5.56. The van der Waals surface area contributed by atoms with Gasteiger partial charge in [0.15, 0.2) is 5.65 Å². The molecule has 8 nitrogen and oxygen atoms in total. The van der Waals surface area contributed by atoms with E-state index in [0.29, 0.717) is 5.92 Å². The second-order valence-electron chi connectivity index (χ2n) is 8.52. The minimum Gasteiger partial charge on any atom is -0.483 e. The fraction of sp³-hybridized carbons (Fsp3) is 0.360. The Hall–Kier alpha value is -3.52. The molecule has 0 radical (unpaired) electrons. The number of rotatable bonds is 6. The zero-order valence-electron chi connectivity index (χ0n) is 18.7. The predicted octanol–water partition coefficient (Wildman–Crippen LogP) is 2.86. The second-order valence-corrected chi connectivity index (χ2v) is 8.52. The minimum absolute atomic E-state index is 0.0318. The first-order valence-electron chi connectivity index (χ1n) is 11.2. The van der Waals surface area contributed by atoms with Crippen molar-refractivity contribution in [1.29, 1.82) is 0 Å². The summed E-state index contributed by atoms with van der Waals surface area (Å²) in [7, 11) is 0. The van der Waals surface area contributed by atoms with Crippen LogP contribution in [0.1, 0.15) is 30.9 Å². The van der Waals surface area contributed by atoms with E-state index in [2.05, 4.69) is 39.4 Å². The van der Waals surface area contributed by atoms with E-state index in [4.69, 9.17) is 9.90 Å². The number of amides is 1. The van der Waals surface area contributed by atoms with Gasteiger partial charge in [-0.05, 0) is 56.0 Å². The molecule has 172 valence electrons.